The standard InChI is InChI=1S/C24H15BrS/c25-19-9-4-8-18(14-19)20-10-5-11-22-21-13-12-17(15-23(21)26-24(20)22)16-6-2-1-3-7-16/h1-15H. The molecule has 0 aliphatic carbocycles. The highest BCUT2D eigenvalue weighted by atomic mass is 79.9. The molecular weight excluding hydrogens is 400 g/mol. The summed E-state index contributed by atoms with van der Waals surface area (Å²) in [7, 11) is 0. The summed E-state index contributed by atoms with van der Waals surface area (Å²) in [4.78, 5) is 0. The Kier molecular flexibility index (Phi) is 3.88. The van der Waals surface area contributed by atoms with Crippen molar-refractivity contribution in [1.82, 2.24) is 0 Å². The second-order valence-corrected chi connectivity index (χ2v) is 8.34. The lowest BCUT2D eigenvalue weighted by Gasteiger charge is -2.04. The van der Waals surface area contributed by atoms with E-state index in [1.165, 1.54) is 42.4 Å². The smallest absolute Gasteiger partial charge is 0.0433 e. The summed E-state index contributed by atoms with van der Waals surface area (Å²) in [5, 5.41) is 2.67. The molecule has 5 aromatic rings. The van der Waals surface area contributed by atoms with Crippen LogP contribution in [0.15, 0.2) is 95.5 Å². The van der Waals surface area contributed by atoms with Crippen LogP contribution < -0.4 is 0 Å². The van der Waals surface area contributed by atoms with Crippen molar-refractivity contribution in [2.24, 2.45) is 0 Å². The Labute approximate surface area is 164 Å². The van der Waals surface area contributed by atoms with Crippen molar-refractivity contribution >= 4 is 47.4 Å². The van der Waals surface area contributed by atoms with Crippen LogP contribution in [0.25, 0.3) is 42.4 Å². The second-order valence-electron chi connectivity index (χ2n) is 6.37. The van der Waals surface area contributed by atoms with Gasteiger partial charge in [0.25, 0.3) is 0 Å². The first-order chi connectivity index (χ1) is 12.8. The van der Waals surface area contributed by atoms with Gasteiger partial charge in [-0.3, -0.25) is 0 Å². The molecule has 0 nitrogen and oxygen atoms in total. The van der Waals surface area contributed by atoms with Crippen molar-refractivity contribution in [2.75, 3.05) is 0 Å². The lowest BCUT2D eigenvalue weighted by molar-refractivity contribution is 1.63. The van der Waals surface area contributed by atoms with Crippen molar-refractivity contribution in [3.8, 4) is 22.3 Å². The minimum absolute atomic E-state index is 1.11. The number of benzene rings is 4. The highest BCUT2D eigenvalue weighted by Crippen LogP contribution is 2.41. The third-order valence-electron chi connectivity index (χ3n) is 4.74. The fourth-order valence-electron chi connectivity index (χ4n) is 3.49. The minimum Gasteiger partial charge on any atom is -0.135 e. The van der Waals surface area contributed by atoms with E-state index in [1.54, 1.807) is 0 Å². The average molecular weight is 415 g/mol. The van der Waals surface area contributed by atoms with Gasteiger partial charge >= 0.3 is 0 Å². The molecule has 2 heteroatoms. The van der Waals surface area contributed by atoms with Crippen LogP contribution in [-0.2, 0) is 0 Å². The fourth-order valence-corrected chi connectivity index (χ4v) is 5.17. The molecule has 0 saturated heterocycles. The Bertz CT molecular complexity index is 1240. The van der Waals surface area contributed by atoms with Gasteiger partial charge < -0.3 is 0 Å². The Hall–Kier alpha value is -2.42. The second kappa shape index (κ2) is 6.39. The first-order valence-corrected chi connectivity index (χ1v) is 10.2. The van der Waals surface area contributed by atoms with Crippen molar-refractivity contribution in [2.45, 2.75) is 0 Å². The molecule has 1 aromatic heterocycles. The van der Waals surface area contributed by atoms with Gasteiger partial charge in [0.1, 0.15) is 0 Å². The first-order valence-electron chi connectivity index (χ1n) is 8.56. The lowest BCUT2D eigenvalue weighted by atomic mass is 10.0. The number of rotatable bonds is 2. The zero-order chi connectivity index (χ0) is 17.5. The van der Waals surface area contributed by atoms with E-state index in [2.05, 4.69) is 107 Å². The zero-order valence-electron chi connectivity index (χ0n) is 13.9. The van der Waals surface area contributed by atoms with E-state index in [4.69, 9.17) is 0 Å². The van der Waals surface area contributed by atoms with Crippen molar-refractivity contribution < 1.29 is 0 Å². The molecule has 0 atom stereocenters. The summed E-state index contributed by atoms with van der Waals surface area (Å²) < 4.78 is 3.80. The van der Waals surface area contributed by atoms with Crippen LogP contribution in [-0.4, -0.2) is 0 Å². The number of thiophene rings is 1. The van der Waals surface area contributed by atoms with Crippen LogP contribution in [0.3, 0.4) is 0 Å². The van der Waals surface area contributed by atoms with E-state index >= 15 is 0 Å². The van der Waals surface area contributed by atoms with Crippen LogP contribution in [0.5, 0.6) is 0 Å². The molecule has 0 bridgehead atoms. The molecule has 0 radical (unpaired) electrons. The van der Waals surface area contributed by atoms with E-state index in [-0.39, 0.29) is 0 Å². The fraction of sp³-hybridized carbons (Fsp3) is 0. The predicted molar refractivity (Wildman–Crippen MR) is 118 cm³/mol. The van der Waals surface area contributed by atoms with Crippen molar-refractivity contribution in [3.63, 3.8) is 0 Å². The lowest BCUT2D eigenvalue weighted by Crippen LogP contribution is -1.78. The summed E-state index contributed by atoms with van der Waals surface area (Å²) in [6.45, 7) is 0. The summed E-state index contributed by atoms with van der Waals surface area (Å²) >= 11 is 5.48. The Morgan fingerprint density at radius 1 is 0.577 bits per heavy atom. The van der Waals surface area contributed by atoms with E-state index in [0.29, 0.717) is 0 Å². The maximum Gasteiger partial charge on any atom is 0.0433 e. The summed E-state index contributed by atoms with van der Waals surface area (Å²) in [5.74, 6) is 0. The van der Waals surface area contributed by atoms with E-state index in [1.807, 2.05) is 11.3 Å². The number of halogens is 1. The average Bonchev–Trinajstić information content (AvgIpc) is 3.06. The molecule has 0 amide bonds. The summed E-state index contributed by atoms with van der Waals surface area (Å²) in [6.07, 6.45) is 0. The van der Waals surface area contributed by atoms with Crippen LogP contribution in [0.4, 0.5) is 0 Å². The maximum atomic E-state index is 3.60. The normalized spacial score (nSPS) is 11.3. The van der Waals surface area contributed by atoms with E-state index in [9.17, 15) is 0 Å². The van der Waals surface area contributed by atoms with Gasteiger partial charge in [0, 0.05) is 24.6 Å². The Morgan fingerprint density at radius 2 is 1.38 bits per heavy atom. The summed E-state index contributed by atoms with van der Waals surface area (Å²) in [6, 6.07) is 32.6. The van der Waals surface area contributed by atoms with Gasteiger partial charge in [-0.1, -0.05) is 88.7 Å². The molecule has 5 rings (SSSR count). The van der Waals surface area contributed by atoms with Crippen LogP contribution in [0.1, 0.15) is 0 Å². The number of fused-ring (bicyclic) bond motifs is 3. The maximum absolute atomic E-state index is 3.60. The predicted octanol–water partition coefficient (Wildman–Crippen LogP) is 8.15. The molecule has 0 unspecified atom stereocenters. The third-order valence-corrected chi connectivity index (χ3v) is 6.44. The Balaban J connectivity index is 1.75. The topological polar surface area (TPSA) is 0 Å². The van der Waals surface area contributed by atoms with Crippen molar-refractivity contribution in [3.05, 3.63) is 95.5 Å². The minimum atomic E-state index is 1.11. The molecule has 4 aromatic carbocycles. The molecule has 1 heterocycles. The van der Waals surface area contributed by atoms with Gasteiger partial charge in [-0.05, 0) is 40.5 Å². The quantitative estimate of drug-likeness (QED) is 0.273. The molecule has 0 aliphatic rings. The molecule has 0 N–H and O–H groups in total. The van der Waals surface area contributed by atoms with Gasteiger partial charge in [0.05, 0.1) is 0 Å². The molecule has 0 aliphatic heterocycles. The zero-order valence-corrected chi connectivity index (χ0v) is 16.3. The molecule has 0 spiro atoms. The number of hydrogen-bond donors (Lipinski definition) is 0. The molecule has 0 saturated carbocycles. The third kappa shape index (κ3) is 2.66. The SMILES string of the molecule is Brc1cccc(-c2cccc3c2sc2cc(-c4ccccc4)ccc23)c1. The van der Waals surface area contributed by atoms with Gasteiger partial charge in [0.2, 0.25) is 0 Å². The van der Waals surface area contributed by atoms with E-state index in [0.717, 1.165) is 4.47 Å². The Morgan fingerprint density at radius 3 is 2.23 bits per heavy atom. The van der Waals surface area contributed by atoms with Gasteiger partial charge in [-0.25, -0.2) is 0 Å². The molecular formula is C24H15BrS. The molecule has 124 valence electrons. The van der Waals surface area contributed by atoms with Gasteiger partial charge in [-0.15, -0.1) is 11.3 Å². The van der Waals surface area contributed by atoms with Crippen LogP contribution in [0, 0.1) is 0 Å². The van der Waals surface area contributed by atoms with Gasteiger partial charge in [-0.2, -0.15) is 0 Å². The largest absolute Gasteiger partial charge is 0.135 e. The highest BCUT2D eigenvalue weighted by molar-refractivity contribution is 9.10. The number of hydrogen-bond acceptors (Lipinski definition) is 1. The van der Waals surface area contributed by atoms with Gasteiger partial charge in [0.15, 0.2) is 0 Å². The first kappa shape index (κ1) is 15.8. The highest BCUT2D eigenvalue weighted by Gasteiger charge is 2.11. The van der Waals surface area contributed by atoms with Crippen molar-refractivity contribution in [1.29, 1.82) is 0 Å². The molecule has 26 heavy (non-hydrogen) atoms. The summed E-state index contributed by atoms with van der Waals surface area (Å²) in [5.41, 5.74) is 5.08. The monoisotopic (exact) mass is 414 g/mol. The van der Waals surface area contributed by atoms with Crippen LogP contribution in [0.2, 0.25) is 0 Å². The molecule has 0 fully saturated rings. The van der Waals surface area contributed by atoms with Crippen LogP contribution >= 0.6 is 27.3 Å². The van der Waals surface area contributed by atoms with E-state index < -0.39 is 0 Å².